The molecular weight excluding hydrogens is 383 g/mol. The number of hydrogen-bond donors (Lipinski definition) is 2. The number of carbonyl (C=O) groups is 2. The van der Waals surface area contributed by atoms with Gasteiger partial charge < -0.3 is 15.5 Å². The van der Waals surface area contributed by atoms with Crippen LogP contribution in [0.5, 0.6) is 0 Å². The largest absolute Gasteiger partial charge is 0.339 e. The Morgan fingerprint density at radius 3 is 2.40 bits per heavy atom. The topological polar surface area (TPSA) is 85.2 Å². The lowest BCUT2D eigenvalue weighted by Gasteiger charge is -2.32. The second-order valence-corrected chi connectivity index (χ2v) is 7.75. The van der Waals surface area contributed by atoms with Crippen LogP contribution in [0.4, 0.5) is 14.9 Å². The summed E-state index contributed by atoms with van der Waals surface area (Å²) in [5.41, 5.74) is 2.12. The SMILES string of the molecule is CC(C)NC(=O)Nc1cc(C(=O)N2CCC(c3ccc(C#N)cc3)CC2)ccc1F. The van der Waals surface area contributed by atoms with Crippen LogP contribution in [0.1, 0.15) is 54.1 Å². The van der Waals surface area contributed by atoms with Crippen molar-refractivity contribution in [2.75, 3.05) is 18.4 Å². The molecule has 0 aliphatic carbocycles. The fourth-order valence-electron chi connectivity index (χ4n) is 3.60. The highest BCUT2D eigenvalue weighted by atomic mass is 19.1. The van der Waals surface area contributed by atoms with Gasteiger partial charge in [0.1, 0.15) is 5.82 Å². The Morgan fingerprint density at radius 2 is 1.80 bits per heavy atom. The predicted octanol–water partition coefficient (Wildman–Crippen LogP) is 4.25. The third-order valence-electron chi connectivity index (χ3n) is 5.17. The number of benzene rings is 2. The number of amides is 3. The highest BCUT2D eigenvalue weighted by Gasteiger charge is 2.25. The molecule has 0 bridgehead atoms. The molecule has 0 radical (unpaired) electrons. The van der Waals surface area contributed by atoms with Gasteiger partial charge in [-0.1, -0.05) is 12.1 Å². The number of nitrogens with one attached hydrogen (secondary N) is 2. The molecule has 2 aromatic rings. The average molecular weight is 408 g/mol. The fraction of sp³-hybridized carbons (Fsp3) is 0.348. The summed E-state index contributed by atoms with van der Waals surface area (Å²) in [6.07, 6.45) is 1.64. The average Bonchev–Trinajstić information content (AvgIpc) is 2.74. The first-order valence-electron chi connectivity index (χ1n) is 10.0. The number of urea groups is 1. The Balaban J connectivity index is 1.63. The van der Waals surface area contributed by atoms with E-state index in [0.717, 1.165) is 12.8 Å². The highest BCUT2D eigenvalue weighted by molar-refractivity contribution is 5.97. The van der Waals surface area contributed by atoms with Crippen molar-refractivity contribution in [1.29, 1.82) is 5.26 Å². The van der Waals surface area contributed by atoms with Crippen LogP contribution in [-0.2, 0) is 0 Å². The van der Waals surface area contributed by atoms with Crippen LogP contribution < -0.4 is 10.6 Å². The van der Waals surface area contributed by atoms with Crippen LogP contribution in [0, 0.1) is 17.1 Å². The van der Waals surface area contributed by atoms with E-state index in [9.17, 15) is 14.0 Å². The summed E-state index contributed by atoms with van der Waals surface area (Å²) in [6, 6.07) is 13.1. The van der Waals surface area contributed by atoms with E-state index < -0.39 is 11.8 Å². The Labute approximate surface area is 175 Å². The molecule has 2 aromatic carbocycles. The third-order valence-corrected chi connectivity index (χ3v) is 5.17. The van der Waals surface area contributed by atoms with Crippen LogP contribution in [0.2, 0.25) is 0 Å². The normalized spacial score (nSPS) is 14.3. The number of nitrogens with zero attached hydrogens (tertiary/aromatic N) is 2. The van der Waals surface area contributed by atoms with Crippen molar-refractivity contribution in [2.24, 2.45) is 0 Å². The van der Waals surface area contributed by atoms with Gasteiger partial charge in [0.25, 0.3) is 5.91 Å². The predicted molar refractivity (Wildman–Crippen MR) is 113 cm³/mol. The molecular formula is C23H25FN4O2. The van der Waals surface area contributed by atoms with Gasteiger partial charge in [0.15, 0.2) is 0 Å². The van der Waals surface area contributed by atoms with Gasteiger partial charge in [0.2, 0.25) is 0 Å². The number of piperidine rings is 1. The Morgan fingerprint density at radius 1 is 1.13 bits per heavy atom. The van der Waals surface area contributed by atoms with Gasteiger partial charge in [0.05, 0.1) is 17.3 Å². The summed E-state index contributed by atoms with van der Waals surface area (Å²) >= 11 is 0. The van der Waals surface area contributed by atoms with Crippen molar-refractivity contribution in [2.45, 2.75) is 38.6 Å². The molecule has 0 aromatic heterocycles. The number of halogens is 1. The molecule has 1 heterocycles. The first kappa shape index (κ1) is 21.3. The molecule has 1 saturated heterocycles. The number of hydrogen-bond acceptors (Lipinski definition) is 3. The summed E-state index contributed by atoms with van der Waals surface area (Å²) in [6.45, 7) is 4.80. The molecule has 1 fully saturated rings. The maximum Gasteiger partial charge on any atom is 0.319 e. The van der Waals surface area contributed by atoms with E-state index in [0.29, 0.717) is 30.1 Å². The van der Waals surface area contributed by atoms with Gasteiger partial charge in [-0.2, -0.15) is 5.26 Å². The molecule has 3 rings (SSSR count). The summed E-state index contributed by atoms with van der Waals surface area (Å²) in [7, 11) is 0. The molecule has 0 unspecified atom stereocenters. The molecule has 6 nitrogen and oxygen atoms in total. The summed E-state index contributed by atoms with van der Waals surface area (Å²) in [5, 5.41) is 14.0. The van der Waals surface area contributed by atoms with Gasteiger partial charge in [0, 0.05) is 24.7 Å². The number of anilines is 1. The number of rotatable bonds is 4. The molecule has 1 aliphatic heterocycles. The number of nitriles is 1. The van der Waals surface area contributed by atoms with Crippen LogP contribution >= 0.6 is 0 Å². The summed E-state index contributed by atoms with van der Waals surface area (Å²) in [4.78, 5) is 26.5. The number of likely N-dealkylation sites (tertiary alicyclic amines) is 1. The third kappa shape index (κ3) is 5.15. The monoisotopic (exact) mass is 408 g/mol. The first-order valence-corrected chi connectivity index (χ1v) is 10.0. The van der Waals surface area contributed by atoms with Crippen molar-refractivity contribution >= 4 is 17.6 Å². The second kappa shape index (κ2) is 9.40. The lowest BCUT2D eigenvalue weighted by atomic mass is 9.89. The molecule has 3 amide bonds. The molecule has 0 saturated carbocycles. The summed E-state index contributed by atoms with van der Waals surface area (Å²) < 4.78 is 14.1. The minimum absolute atomic E-state index is 0.0218. The van der Waals surface area contributed by atoms with E-state index in [2.05, 4.69) is 16.7 Å². The first-order chi connectivity index (χ1) is 14.4. The number of carbonyl (C=O) groups excluding carboxylic acids is 2. The minimum Gasteiger partial charge on any atom is -0.339 e. The zero-order valence-corrected chi connectivity index (χ0v) is 17.1. The van der Waals surface area contributed by atoms with Crippen LogP contribution in [-0.4, -0.2) is 36.0 Å². The Kier molecular flexibility index (Phi) is 6.68. The van der Waals surface area contributed by atoms with E-state index >= 15 is 0 Å². The van der Waals surface area contributed by atoms with Crippen molar-refractivity contribution < 1.29 is 14.0 Å². The van der Waals surface area contributed by atoms with E-state index in [1.54, 1.807) is 18.7 Å². The van der Waals surface area contributed by atoms with Crippen molar-refractivity contribution in [3.63, 3.8) is 0 Å². The zero-order chi connectivity index (χ0) is 21.7. The van der Waals surface area contributed by atoms with Crippen molar-refractivity contribution in [3.05, 3.63) is 65.0 Å². The fourth-order valence-corrected chi connectivity index (χ4v) is 3.60. The van der Waals surface area contributed by atoms with Gasteiger partial charge in [-0.3, -0.25) is 4.79 Å². The maximum atomic E-state index is 14.1. The lowest BCUT2D eigenvalue weighted by Crippen LogP contribution is -2.38. The van der Waals surface area contributed by atoms with Crippen molar-refractivity contribution in [1.82, 2.24) is 10.2 Å². The Hall–Kier alpha value is -3.40. The molecule has 7 heteroatoms. The molecule has 2 N–H and O–H groups in total. The Bertz CT molecular complexity index is 958. The van der Waals surface area contributed by atoms with Gasteiger partial charge in [-0.05, 0) is 68.5 Å². The molecule has 156 valence electrons. The van der Waals surface area contributed by atoms with Crippen LogP contribution in [0.3, 0.4) is 0 Å². The quantitative estimate of drug-likeness (QED) is 0.793. The van der Waals surface area contributed by atoms with Gasteiger partial charge in [-0.15, -0.1) is 0 Å². The summed E-state index contributed by atoms with van der Waals surface area (Å²) in [5.74, 6) is -0.433. The van der Waals surface area contributed by atoms with Crippen LogP contribution in [0.25, 0.3) is 0 Å². The molecule has 1 aliphatic rings. The molecule has 0 spiro atoms. The molecule has 30 heavy (non-hydrogen) atoms. The van der Waals surface area contributed by atoms with Crippen LogP contribution in [0.15, 0.2) is 42.5 Å². The van der Waals surface area contributed by atoms with E-state index in [4.69, 9.17) is 5.26 Å². The molecule has 0 atom stereocenters. The standard InChI is InChI=1S/C23H25FN4O2/c1-15(2)26-23(30)27-21-13-19(7-8-20(21)24)22(29)28-11-9-18(10-12-28)17-5-3-16(14-25)4-6-17/h3-8,13,15,18H,9-12H2,1-2H3,(H2,26,27,30). The van der Waals surface area contributed by atoms with E-state index in [1.165, 1.54) is 23.8 Å². The highest BCUT2D eigenvalue weighted by Crippen LogP contribution is 2.29. The smallest absolute Gasteiger partial charge is 0.319 e. The van der Waals surface area contributed by atoms with E-state index in [-0.39, 0.29) is 17.6 Å². The lowest BCUT2D eigenvalue weighted by molar-refractivity contribution is 0.0713. The van der Waals surface area contributed by atoms with E-state index in [1.807, 2.05) is 24.3 Å². The second-order valence-electron chi connectivity index (χ2n) is 7.75. The minimum atomic E-state index is -0.593. The maximum absolute atomic E-state index is 14.1. The van der Waals surface area contributed by atoms with Gasteiger partial charge in [-0.25, -0.2) is 9.18 Å². The van der Waals surface area contributed by atoms with Gasteiger partial charge >= 0.3 is 6.03 Å². The van der Waals surface area contributed by atoms with Crippen molar-refractivity contribution in [3.8, 4) is 6.07 Å². The zero-order valence-electron chi connectivity index (χ0n) is 17.1.